The molecule has 1 fully saturated rings. The van der Waals surface area contributed by atoms with E-state index in [1.54, 1.807) is 6.20 Å². The first kappa shape index (κ1) is 21.1. The number of hydrogen-bond donors (Lipinski definition) is 2. The molecule has 2 heterocycles. The molecule has 0 aliphatic carbocycles. The summed E-state index contributed by atoms with van der Waals surface area (Å²) in [4.78, 5) is 16.8. The summed E-state index contributed by atoms with van der Waals surface area (Å²) in [6.45, 7) is 4.37. The maximum atomic E-state index is 12.5. The Morgan fingerprint density at radius 1 is 1.24 bits per heavy atom. The van der Waals surface area contributed by atoms with E-state index in [1.807, 2.05) is 36.4 Å². The summed E-state index contributed by atoms with van der Waals surface area (Å²) in [7, 11) is 0. The Bertz CT molecular complexity index is 776. The molecule has 7 heteroatoms. The average Bonchev–Trinajstić information content (AvgIpc) is 2.78. The number of carbonyl (C=O) groups excluding carboxylic acids is 1. The van der Waals surface area contributed by atoms with E-state index < -0.39 is 6.04 Å². The topological polar surface area (TPSA) is 95.7 Å². The molecular weight excluding hydrogens is 370 g/mol. The lowest BCUT2D eigenvalue weighted by Crippen LogP contribution is -2.46. The van der Waals surface area contributed by atoms with Gasteiger partial charge in [-0.2, -0.15) is 0 Å². The van der Waals surface area contributed by atoms with Crippen molar-refractivity contribution < 1.29 is 19.0 Å². The summed E-state index contributed by atoms with van der Waals surface area (Å²) in [6, 6.07) is 10.6. The molecule has 1 aromatic heterocycles. The largest absolute Gasteiger partial charge is 0.494 e. The zero-order valence-corrected chi connectivity index (χ0v) is 16.8. The van der Waals surface area contributed by atoms with Gasteiger partial charge in [0, 0.05) is 31.5 Å². The van der Waals surface area contributed by atoms with Crippen LogP contribution in [0.4, 0.5) is 0 Å². The number of nitrogens with one attached hydrogen (secondary N) is 1. The van der Waals surface area contributed by atoms with E-state index in [0.717, 1.165) is 30.6 Å². The van der Waals surface area contributed by atoms with Gasteiger partial charge in [-0.25, -0.2) is 4.98 Å². The van der Waals surface area contributed by atoms with Crippen molar-refractivity contribution in [1.29, 1.82) is 0 Å². The highest BCUT2D eigenvalue weighted by molar-refractivity contribution is 5.81. The molecule has 1 saturated heterocycles. The van der Waals surface area contributed by atoms with Crippen molar-refractivity contribution in [1.82, 2.24) is 10.3 Å². The lowest BCUT2D eigenvalue weighted by molar-refractivity contribution is -0.124. The van der Waals surface area contributed by atoms with Crippen molar-refractivity contribution in [2.24, 2.45) is 11.7 Å². The third kappa shape index (κ3) is 6.17. The fourth-order valence-electron chi connectivity index (χ4n) is 3.18. The van der Waals surface area contributed by atoms with E-state index in [-0.39, 0.29) is 11.8 Å². The number of ether oxygens (including phenoxy) is 3. The maximum Gasteiger partial charge on any atom is 0.237 e. The number of pyridine rings is 1. The second-order valence-electron chi connectivity index (χ2n) is 7.08. The molecule has 1 atom stereocenters. The van der Waals surface area contributed by atoms with Crippen LogP contribution in [0.5, 0.6) is 17.4 Å². The molecule has 3 N–H and O–H groups in total. The first-order valence-corrected chi connectivity index (χ1v) is 10.1. The molecule has 2 aromatic rings. The van der Waals surface area contributed by atoms with Crippen molar-refractivity contribution in [3.05, 3.63) is 48.2 Å². The van der Waals surface area contributed by atoms with Gasteiger partial charge in [-0.15, -0.1) is 0 Å². The third-order valence-electron chi connectivity index (χ3n) is 4.89. The molecule has 1 unspecified atom stereocenters. The van der Waals surface area contributed by atoms with Gasteiger partial charge in [-0.05, 0) is 55.5 Å². The van der Waals surface area contributed by atoms with E-state index in [2.05, 4.69) is 17.2 Å². The molecule has 156 valence electrons. The predicted octanol–water partition coefficient (Wildman–Crippen LogP) is 3.03. The summed E-state index contributed by atoms with van der Waals surface area (Å²) >= 11 is 0. The highest BCUT2D eigenvalue weighted by atomic mass is 16.5. The van der Waals surface area contributed by atoms with E-state index in [4.69, 9.17) is 19.9 Å². The van der Waals surface area contributed by atoms with E-state index in [1.165, 1.54) is 0 Å². The fraction of sp³-hybridized carbons (Fsp3) is 0.455. The molecule has 29 heavy (non-hydrogen) atoms. The number of nitrogens with two attached hydrogens (primary N) is 1. The van der Waals surface area contributed by atoms with E-state index in [9.17, 15) is 4.79 Å². The van der Waals surface area contributed by atoms with Crippen LogP contribution >= 0.6 is 0 Å². The number of rotatable bonds is 9. The van der Waals surface area contributed by atoms with Gasteiger partial charge < -0.3 is 25.3 Å². The first-order valence-electron chi connectivity index (χ1n) is 10.1. The number of benzene rings is 1. The minimum atomic E-state index is -0.532. The van der Waals surface area contributed by atoms with Gasteiger partial charge in [0.2, 0.25) is 11.8 Å². The van der Waals surface area contributed by atoms with Crippen molar-refractivity contribution >= 4 is 5.91 Å². The SMILES string of the molecule is CCCOc1ccc(Oc2ncccc2CNC(=O)C(N)C2CCOCC2)cc1. The average molecular weight is 399 g/mol. The lowest BCUT2D eigenvalue weighted by atomic mass is 9.92. The van der Waals surface area contributed by atoms with Crippen molar-refractivity contribution in [3.8, 4) is 17.4 Å². The van der Waals surface area contributed by atoms with Gasteiger partial charge in [-0.3, -0.25) is 4.79 Å². The lowest BCUT2D eigenvalue weighted by Gasteiger charge is -2.26. The molecule has 0 radical (unpaired) electrons. The highest BCUT2D eigenvalue weighted by Crippen LogP contribution is 2.25. The highest BCUT2D eigenvalue weighted by Gasteiger charge is 2.26. The van der Waals surface area contributed by atoms with Crippen molar-refractivity contribution in [2.45, 2.75) is 38.8 Å². The fourth-order valence-corrected chi connectivity index (χ4v) is 3.18. The van der Waals surface area contributed by atoms with Crippen LogP contribution < -0.4 is 20.5 Å². The number of nitrogens with zero attached hydrogens (tertiary/aromatic N) is 1. The van der Waals surface area contributed by atoms with Gasteiger partial charge in [-0.1, -0.05) is 13.0 Å². The Labute approximate surface area is 171 Å². The van der Waals surface area contributed by atoms with Gasteiger partial charge in [0.05, 0.1) is 12.6 Å². The Morgan fingerprint density at radius 3 is 2.69 bits per heavy atom. The second kappa shape index (κ2) is 10.8. The zero-order valence-electron chi connectivity index (χ0n) is 16.8. The molecule has 7 nitrogen and oxygen atoms in total. The van der Waals surface area contributed by atoms with Gasteiger partial charge in [0.1, 0.15) is 11.5 Å². The summed E-state index contributed by atoms with van der Waals surface area (Å²) in [6.07, 6.45) is 4.24. The minimum Gasteiger partial charge on any atom is -0.494 e. The van der Waals surface area contributed by atoms with Crippen LogP contribution in [0.15, 0.2) is 42.6 Å². The normalized spacial score (nSPS) is 15.5. The maximum absolute atomic E-state index is 12.5. The Balaban J connectivity index is 1.57. The van der Waals surface area contributed by atoms with Crippen LogP contribution in [-0.2, 0) is 16.1 Å². The van der Waals surface area contributed by atoms with Crippen LogP contribution in [-0.4, -0.2) is 36.8 Å². The zero-order chi connectivity index (χ0) is 20.5. The standard InChI is InChI=1S/C22H29N3O4/c1-2-12-28-18-5-7-19(8-6-18)29-22-17(4-3-11-24-22)15-25-21(26)20(23)16-9-13-27-14-10-16/h3-8,11,16,20H,2,9-10,12-15,23H2,1H3,(H,25,26). The number of hydrogen-bond acceptors (Lipinski definition) is 6. The molecule has 1 aliphatic rings. The van der Waals surface area contributed by atoms with Gasteiger partial charge >= 0.3 is 0 Å². The third-order valence-corrected chi connectivity index (χ3v) is 4.89. The summed E-state index contributed by atoms with van der Waals surface area (Å²) in [5.41, 5.74) is 6.92. The van der Waals surface area contributed by atoms with E-state index in [0.29, 0.717) is 38.0 Å². The number of amides is 1. The Kier molecular flexibility index (Phi) is 7.84. The summed E-state index contributed by atoms with van der Waals surface area (Å²) in [5.74, 6) is 1.90. The molecule has 3 rings (SSSR count). The summed E-state index contributed by atoms with van der Waals surface area (Å²) in [5, 5.41) is 2.91. The quantitative estimate of drug-likeness (QED) is 0.673. The molecule has 0 saturated carbocycles. The smallest absolute Gasteiger partial charge is 0.237 e. The summed E-state index contributed by atoms with van der Waals surface area (Å²) < 4.78 is 16.8. The number of carbonyl (C=O) groups is 1. The Morgan fingerprint density at radius 2 is 1.97 bits per heavy atom. The predicted molar refractivity (Wildman–Crippen MR) is 110 cm³/mol. The van der Waals surface area contributed by atoms with Crippen molar-refractivity contribution in [3.63, 3.8) is 0 Å². The minimum absolute atomic E-state index is 0.154. The molecule has 1 amide bonds. The number of aromatic nitrogens is 1. The van der Waals surface area contributed by atoms with Crippen LogP contribution in [0.1, 0.15) is 31.7 Å². The van der Waals surface area contributed by atoms with Crippen molar-refractivity contribution in [2.75, 3.05) is 19.8 Å². The molecule has 0 bridgehead atoms. The van der Waals surface area contributed by atoms with Gasteiger partial charge in [0.15, 0.2) is 0 Å². The molecular formula is C22H29N3O4. The van der Waals surface area contributed by atoms with Crippen LogP contribution in [0, 0.1) is 5.92 Å². The van der Waals surface area contributed by atoms with Crippen LogP contribution in [0.2, 0.25) is 0 Å². The first-order chi connectivity index (χ1) is 14.2. The second-order valence-corrected chi connectivity index (χ2v) is 7.08. The monoisotopic (exact) mass is 399 g/mol. The van der Waals surface area contributed by atoms with Gasteiger partial charge in [0.25, 0.3) is 0 Å². The van der Waals surface area contributed by atoms with E-state index >= 15 is 0 Å². The van der Waals surface area contributed by atoms with Crippen LogP contribution in [0.25, 0.3) is 0 Å². The molecule has 1 aliphatic heterocycles. The Hall–Kier alpha value is -2.64. The molecule has 0 spiro atoms. The van der Waals surface area contributed by atoms with Crippen LogP contribution in [0.3, 0.4) is 0 Å². The molecule has 1 aromatic carbocycles.